The Balaban J connectivity index is 0.00000264. The molecule has 0 spiro atoms. The molecule has 1 aromatic rings. The lowest BCUT2D eigenvalue weighted by Gasteiger charge is -2.28. The Kier molecular flexibility index (Phi) is 7.80. The summed E-state index contributed by atoms with van der Waals surface area (Å²) in [5.41, 5.74) is 1.31. The fourth-order valence-electron chi connectivity index (χ4n) is 2.76. The van der Waals surface area contributed by atoms with E-state index >= 15 is 0 Å². The smallest absolute Gasteiger partial charge is 0.191 e. The highest BCUT2D eigenvalue weighted by Gasteiger charge is 2.30. The standard InChI is InChI=1S/C18H29N3O.HI/c1-17(2,15-9-6-5-7-10-15)13-20-16(19-4)21-14-18(3)11-8-12-22-18;/h5-7,9-10H,8,11-14H2,1-4H3,(H2,19,20,21);1H. The minimum atomic E-state index is -0.0629. The summed E-state index contributed by atoms with van der Waals surface area (Å²) in [7, 11) is 1.81. The van der Waals surface area contributed by atoms with Gasteiger partial charge in [-0.3, -0.25) is 4.99 Å². The highest BCUT2D eigenvalue weighted by Crippen LogP contribution is 2.24. The van der Waals surface area contributed by atoms with Crippen molar-refractivity contribution in [2.45, 2.75) is 44.6 Å². The molecule has 1 aliphatic heterocycles. The summed E-state index contributed by atoms with van der Waals surface area (Å²) in [6, 6.07) is 10.6. The topological polar surface area (TPSA) is 45.7 Å². The SMILES string of the molecule is CN=C(NCC1(C)CCCO1)NCC(C)(C)c1ccccc1.I. The molecule has 0 bridgehead atoms. The lowest BCUT2D eigenvalue weighted by Crippen LogP contribution is -2.48. The van der Waals surface area contributed by atoms with Crippen LogP contribution in [0.15, 0.2) is 35.3 Å². The monoisotopic (exact) mass is 431 g/mol. The maximum absolute atomic E-state index is 5.80. The molecular formula is C18H30IN3O. The van der Waals surface area contributed by atoms with Crippen molar-refractivity contribution >= 4 is 29.9 Å². The van der Waals surface area contributed by atoms with Gasteiger partial charge < -0.3 is 15.4 Å². The largest absolute Gasteiger partial charge is 0.373 e. The fourth-order valence-corrected chi connectivity index (χ4v) is 2.76. The van der Waals surface area contributed by atoms with Crippen LogP contribution >= 0.6 is 24.0 Å². The Labute approximate surface area is 157 Å². The van der Waals surface area contributed by atoms with Crippen LogP contribution in [0.25, 0.3) is 0 Å². The van der Waals surface area contributed by atoms with Crippen LogP contribution in [0.1, 0.15) is 39.2 Å². The summed E-state index contributed by atoms with van der Waals surface area (Å²) < 4.78 is 5.80. The van der Waals surface area contributed by atoms with Crippen molar-refractivity contribution in [2.24, 2.45) is 4.99 Å². The zero-order valence-corrected chi connectivity index (χ0v) is 17.0. The van der Waals surface area contributed by atoms with E-state index in [1.54, 1.807) is 0 Å². The van der Waals surface area contributed by atoms with E-state index in [2.05, 4.69) is 66.7 Å². The molecular weight excluding hydrogens is 401 g/mol. The molecule has 0 saturated carbocycles. The van der Waals surface area contributed by atoms with Crippen LogP contribution < -0.4 is 10.6 Å². The second kappa shape index (κ2) is 8.87. The normalized spacial score (nSPS) is 21.7. The first-order valence-corrected chi connectivity index (χ1v) is 8.09. The van der Waals surface area contributed by atoms with Crippen molar-refractivity contribution in [2.75, 3.05) is 26.7 Å². The molecule has 0 radical (unpaired) electrons. The van der Waals surface area contributed by atoms with Gasteiger partial charge >= 0.3 is 0 Å². The first-order chi connectivity index (χ1) is 10.5. The van der Waals surface area contributed by atoms with Crippen molar-refractivity contribution in [3.8, 4) is 0 Å². The number of aliphatic imine (C=N–C) groups is 1. The van der Waals surface area contributed by atoms with Gasteiger partial charge in [-0.05, 0) is 25.3 Å². The number of hydrogen-bond donors (Lipinski definition) is 2. The molecule has 130 valence electrons. The van der Waals surface area contributed by atoms with Crippen molar-refractivity contribution in [3.63, 3.8) is 0 Å². The van der Waals surface area contributed by atoms with Gasteiger partial charge in [0.2, 0.25) is 0 Å². The summed E-state index contributed by atoms with van der Waals surface area (Å²) >= 11 is 0. The first kappa shape index (κ1) is 20.2. The van der Waals surface area contributed by atoms with Crippen molar-refractivity contribution in [1.29, 1.82) is 0 Å². The van der Waals surface area contributed by atoms with Crippen LogP contribution in [0.5, 0.6) is 0 Å². The predicted octanol–water partition coefficient (Wildman–Crippen LogP) is 3.32. The number of halogens is 1. The average molecular weight is 431 g/mol. The second-order valence-corrected chi connectivity index (χ2v) is 6.93. The third-order valence-corrected chi connectivity index (χ3v) is 4.41. The summed E-state index contributed by atoms with van der Waals surface area (Å²) in [6.45, 7) is 9.13. The van der Waals surface area contributed by atoms with Gasteiger partial charge in [0, 0.05) is 32.2 Å². The summed E-state index contributed by atoms with van der Waals surface area (Å²) in [5.74, 6) is 0.834. The number of ether oxygens (including phenoxy) is 1. The molecule has 0 aliphatic carbocycles. The van der Waals surface area contributed by atoms with Gasteiger partial charge in [-0.15, -0.1) is 24.0 Å². The summed E-state index contributed by atoms with van der Waals surface area (Å²) in [6.07, 6.45) is 2.25. The Morgan fingerprint density at radius 3 is 2.52 bits per heavy atom. The van der Waals surface area contributed by atoms with Crippen LogP contribution in [0.2, 0.25) is 0 Å². The second-order valence-electron chi connectivity index (χ2n) is 6.93. The number of hydrogen-bond acceptors (Lipinski definition) is 2. The molecule has 0 amide bonds. The van der Waals surface area contributed by atoms with E-state index in [0.29, 0.717) is 0 Å². The van der Waals surface area contributed by atoms with E-state index in [4.69, 9.17) is 4.74 Å². The van der Waals surface area contributed by atoms with Crippen molar-refractivity contribution in [1.82, 2.24) is 10.6 Å². The van der Waals surface area contributed by atoms with E-state index < -0.39 is 0 Å². The van der Waals surface area contributed by atoms with Gasteiger partial charge in [-0.1, -0.05) is 44.2 Å². The highest BCUT2D eigenvalue weighted by atomic mass is 127. The lowest BCUT2D eigenvalue weighted by atomic mass is 9.85. The van der Waals surface area contributed by atoms with Gasteiger partial charge in [0.1, 0.15) is 0 Å². The summed E-state index contributed by atoms with van der Waals surface area (Å²) in [5, 5.41) is 6.82. The zero-order chi connectivity index (χ0) is 16.1. The van der Waals surface area contributed by atoms with Gasteiger partial charge in [-0.25, -0.2) is 0 Å². The highest BCUT2D eigenvalue weighted by molar-refractivity contribution is 14.0. The Hall–Kier alpha value is -0.820. The number of rotatable bonds is 5. The number of guanidine groups is 1. The van der Waals surface area contributed by atoms with Crippen molar-refractivity contribution < 1.29 is 4.74 Å². The van der Waals surface area contributed by atoms with Crippen LogP contribution in [-0.4, -0.2) is 38.3 Å². The quantitative estimate of drug-likeness (QED) is 0.427. The zero-order valence-electron chi connectivity index (χ0n) is 14.7. The van der Waals surface area contributed by atoms with E-state index in [0.717, 1.165) is 38.5 Å². The van der Waals surface area contributed by atoms with Crippen LogP contribution in [0, 0.1) is 0 Å². The Bertz CT molecular complexity index is 496. The minimum Gasteiger partial charge on any atom is -0.373 e. The molecule has 1 aliphatic rings. The van der Waals surface area contributed by atoms with Gasteiger partial charge in [0.15, 0.2) is 5.96 Å². The first-order valence-electron chi connectivity index (χ1n) is 8.09. The lowest BCUT2D eigenvalue weighted by molar-refractivity contribution is 0.0242. The Morgan fingerprint density at radius 2 is 1.96 bits per heavy atom. The van der Waals surface area contributed by atoms with Crippen LogP contribution in [0.4, 0.5) is 0 Å². The molecule has 2 rings (SSSR count). The Morgan fingerprint density at radius 1 is 1.26 bits per heavy atom. The summed E-state index contributed by atoms with van der Waals surface area (Å²) in [4.78, 5) is 4.32. The van der Waals surface area contributed by atoms with Gasteiger partial charge in [0.05, 0.1) is 5.60 Å². The van der Waals surface area contributed by atoms with E-state index in [1.807, 2.05) is 7.05 Å². The van der Waals surface area contributed by atoms with E-state index in [-0.39, 0.29) is 35.0 Å². The third-order valence-electron chi connectivity index (χ3n) is 4.41. The average Bonchev–Trinajstić information content (AvgIpc) is 2.95. The van der Waals surface area contributed by atoms with Gasteiger partial charge in [0.25, 0.3) is 0 Å². The van der Waals surface area contributed by atoms with E-state index in [1.165, 1.54) is 5.56 Å². The molecule has 5 heteroatoms. The maximum atomic E-state index is 5.80. The number of nitrogens with one attached hydrogen (secondary N) is 2. The van der Waals surface area contributed by atoms with Crippen LogP contribution in [0.3, 0.4) is 0 Å². The maximum Gasteiger partial charge on any atom is 0.191 e. The van der Waals surface area contributed by atoms with Crippen LogP contribution in [-0.2, 0) is 10.2 Å². The molecule has 23 heavy (non-hydrogen) atoms. The fraction of sp³-hybridized carbons (Fsp3) is 0.611. The molecule has 1 saturated heterocycles. The molecule has 1 heterocycles. The molecule has 1 aromatic carbocycles. The molecule has 1 unspecified atom stereocenters. The van der Waals surface area contributed by atoms with E-state index in [9.17, 15) is 0 Å². The van der Waals surface area contributed by atoms with Crippen molar-refractivity contribution in [3.05, 3.63) is 35.9 Å². The molecule has 1 atom stereocenters. The third kappa shape index (κ3) is 5.95. The molecule has 1 fully saturated rings. The number of benzene rings is 1. The molecule has 4 nitrogen and oxygen atoms in total. The molecule has 0 aromatic heterocycles. The van der Waals surface area contributed by atoms with Gasteiger partial charge in [-0.2, -0.15) is 0 Å². The molecule has 2 N–H and O–H groups in total. The predicted molar refractivity (Wildman–Crippen MR) is 108 cm³/mol. The minimum absolute atomic E-state index is 0. The number of nitrogens with zero attached hydrogens (tertiary/aromatic N) is 1.